The third-order valence-corrected chi connectivity index (χ3v) is 2.55. The van der Waals surface area contributed by atoms with Gasteiger partial charge in [0.25, 0.3) is 0 Å². The molecule has 0 atom stereocenters. The van der Waals surface area contributed by atoms with E-state index in [0.29, 0.717) is 13.0 Å². The van der Waals surface area contributed by atoms with Crippen molar-refractivity contribution < 1.29 is 4.74 Å². The van der Waals surface area contributed by atoms with Crippen LogP contribution in [0.5, 0.6) is 0 Å². The van der Waals surface area contributed by atoms with Crippen molar-refractivity contribution in [1.82, 2.24) is 4.98 Å². The second-order valence-electron chi connectivity index (χ2n) is 3.80. The molecule has 16 heavy (non-hydrogen) atoms. The van der Waals surface area contributed by atoms with Crippen LogP contribution in [-0.4, -0.2) is 18.1 Å². The lowest BCUT2D eigenvalue weighted by molar-refractivity contribution is 0.134. The Morgan fingerprint density at radius 2 is 2.44 bits per heavy atom. The Morgan fingerprint density at radius 1 is 1.50 bits per heavy atom. The molecule has 1 N–H and O–H groups in total. The third kappa shape index (κ3) is 2.71. The molecule has 0 fully saturated rings. The summed E-state index contributed by atoms with van der Waals surface area (Å²) in [6, 6.07) is 6.23. The molecule has 4 heteroatoms. The summed E-state index contributed by atoms with van der Waals surface area (Å²) in [5.41, 5.74) is 2.16. The Hall–Kier alpha value is -1.60. The molecule has 4 nitrogen and oxygen atoms in total. The highest BCUT2D eigenvalue weighted by Gasteiger charge is 2.09. The fourth-order valence-corrected chi connectivity index (χ4v) is 1.71. The Bertz CT molecular complexity index is 398. The van der Waals surface area contributed by atoms with Crippen LogP contribution in [0.4, 0.5) is 5.82 Å². The summed E-state index contributed by atoms with van der Waals surface area (Å²) in [7, 11) is 0. The maximum atomic E-state index is 8.47. The largest absolute Gasteiger partial charge is 0.375 e. The van der Waals surface area contributed by atoms with Gasteiger partial charge in [-0.3, -0.25) is 0 Å². The smallest absolute Gasteiger partial charge is 0.131 e. The predicted molar refractivity (Wildman–Crippen MR) is 60.9 cm³/mol. The van der Waals surface area contributed by atoms with Crippen molar-refractivity contribution in [2.24, 2.45) is 0 Å². The van der Waals surface area contributed by atoms with Gasteiger partial charge in [-0.25, -0.2) is 4.98 Å². The van der Waals surface area contributed by atoms with E-state index in [1.54, 1.807) is 0 Å². The van der Waals surface area contributed by atoms with E-state index in [0.717, 1.165) is 43.1 Å². The van der Waals surface area contributed by atoms with Gasteiger partial charge in [-0.1, -0.05) is 6.07 Å². The van der Waals surface area contributed by atoms with Crippen LogP contribution in [0.3, 0.4) is 0 Å². The molecular formula is C12H15N3O. The van der Waals surface area contributed by atoms with Crippen molar-refractivity contribution in [1.29, 1.82) is 5.26 Å². The molecule has 1 aromatic heterocycles. The molecule has 1 aromatic rings. The van der Waals surface area contributed by atoms with Crippen molar-refractivity contribution in [3.05, 3.63) is 23.4 Å². The molecule has 0 bridgehead atoms. The Labute approximate surface area is 95.3 Å². The molecule has 1 aliphatic heterocycles. The van der Waals surface area contributed by atoms with Gasteiger partial charge in [0, 0.05) is 24.2 Å². The average Bonchev–Trinajstić information content (AvgIpc) is 2.54. The highest BCUT2D eigenvalue weighted by atomic mass is 16.5. The average molecular weight is 217 g/mol. The quantitative estimate of drug-likeness (QED) is 0.785. The third-order valence-electron chi connectivity index (χ3n) is 2.55. The van der Waals surface area contributed by atoms with E-state index in [4.69, 9.17) is 10.00 Å². The summed E-state index contributed by atoms with van der Waals surface area (Å²) in [5, 5.41) is 11.7. The van der Waals surface area contributed by atoms with E-state index in [1.807, 2.05) is 6.07 Å². The number of ether oxygens (including phenoxy) is 1. The Balaban J connectivity index is 2.06. The topological polar surface area (TPSA) is 57.9 Å². The maximum absolute atomic E-state index is 8.47. The zero-order valence-electron chi connectivity index (χ0n) is 9.20. The molecule has 0 unspecified atom stereocenters. The summed E-state index contributed by atoms with van der Waals surface area (Å²) in [6.07, 6.45) is 2.33. The molecule has 2 heterocycles. The second-order valence-corrected chi connectivity index (χ2v) is 3.80. The van der Waals surface area contributed by atoms with Crippen molar-refractivity contribution >= 4 is 5.82 Å². The number of aromatic nitrogens is 1. The number of anilines is 1. The first kappa shape index (κ1) is 10.9. The number of aryl methyl sites for hydroxylation is 1. The minimum absolute atomic E-state index is 0.593. The van der Waals surface area contributed by atoms with Gasteiger partial charge in [-0.15, -0.1) is 0 Å². The summed E-state index contributed by atoms with van der Waals surface area (Å²) in [4.78, 5) is 4.54. The maximum Gasteiger partial charge on any atom is 0.131 e. The second kappa shape index (κ2) is 5.47. The Kier molecular flexibility index (Phi) is 3.73. The summed E-state index contributed by atoms with van der Waals surface area (Å²) in [5.74, 6) is 0.937. The van der Waals surface area contributed by atoms with Gasteiger partial charge >= 0.3 is 0 Å². The van der Waals surface area contributed by atoms with Crippen LogP contribution in [0.15, 0.2) is 12.1 Å². The van der Waals surface area contributed by atoms with Crippen molar-refractivity contribution in [2.45, 2.75) is 25.9 Å². The predicted octanol–water partition coefficient (Wildman–Crippen LogP) is 1.87. The minimum atomic E-state index is 0.593. The molecule has 0 radical (unpaired) electrons. The number of fused-ring (bicyclic) bond motifs is 1. The summed E-state index contributed by atoms with van der Waals surface area (Å²) in [6.45, 7) is 2.16. The number of hydrogen-bond acceptors (Lipinski definition) is 4. The van der Waals surface area contributed by atoms with E-state index in [1.165, 1.54) is 0 Å². The number of nitrogens with one attached hydrogen (secondary N) is 1. The van der Waals surface area contributed by atoms with Crippen LogP contribution in [-0.2, 0) is 17.8 Å². The lowest BCUT2D eigenvalue weighted by Crippen LogP contribution is -2.06. The van der Waals surface area contributed by atoms with Gasteiger partial charge in [0.2, 0.25) is 0 Å². The number of nitriles is 1. The van der Waals surface area contributed by atoms with E-state index < -0.39 is 0 Å². The molecule has 0 aliphatic carbocycles. The molecule has 0 saturated heterocycles. The fraction of sp³-hybridized carbons (Fsp3) is 0.500. The van der Waals surface area contributed by atoms with Crippen molar-refractivity contribution in [2.75, 3.05) is 18.5 Å². The van der Waals surface area contributed by atoms with Gasteiger partial charge in [0.15, 0.2) is 0 Å². The number of hydrogen-bond donors (Lipinski definition) is 1. The molecule has 0 amide bonds. The monoisotopic (exact) mass is 217 g/mol. The van der Waals surface area contributed by atoms with Crippen LogP contribution in [0.1, 0.15) is 24.1 Å². The van der Waals surface area contributed by atoms with E-state index in [9.17, 15) is 0 Å². The van der Waals surface area contributed by atoms with Crippen molar-refractivity contribution in [3.8, 4) is 6.07 Å². The molecule has 0 spiro atoms. The highest BCUT2D eigenvalue weighted by Crippen LogP contribution is 2.17. The fourth-order valence-electron chi connectivity index (χ4n) is 1.71. The number of nitrogens with zero attached hydrogens (tertiary/aromatic N) is 2. The Morgan fingerprint density at radius 3 is 3.31 bits per heavy atom. The van der Waals surface area contributed by atoms with Crippen LogP contribution in [0, 0.1) is 11.3 Å². The number of unbranched alkanes of at least 4 members (excludes halogenated alkanes) is 1. The lowest BCUT2D eigenvalue weighted by Gasteiger charge is -2.07. The summed E-state index contributed by atoms with van der Waals surface area (Å²) < 4.78 is 5.41. The molecule has 2 rings (SSSR count). The van der Waals surface area contributed by atoms with Crippen LogP contribution >= 0.6 is 0 Å². The van der Waals surface area contributed by atoms with Gasteiger partial charge in [0.05, 0.1) is 19.3 Å². The van der Waals surface area contributed by atoms with Gasteiger partial charge in [-0.2, -0.15) is 5.26 Å². The summed E-state index contributed by atoms with van der Waals surface area (Å²) >= 11 is 0. The van der Waals surface area contributed by atoms with Gasteiger partial charge in [-0.05, 0) is 18.9 Å². The van der Waals surface area contributed by atoms with Crippen LogP contribution in [0.2, 0.25) is 0 Å². The molecule has 0 saturated carbocycles. The van der Waals surface area contributed by atoms with Crippen LogP contribution in [0.25, 0.3) is 0 Å². The first-order valence-electron chi connectivity index (χ1n) is 5.57. The molecule has 84 valence electrons. The number of rotatable bonds is 3. The minimum Gasteiger partial charge on any atom is -0.375 e. The molecular weight excluding hydrogens is 202 g/mol. The first-order valence-corrected chi connectivity index (χ1v) is 5.57. The van der Waals surface area contributed by atoms with E-state index in [-0.39, 0.29) is 0 Å². The standard InChI is InChI=1S/C12H15N3O/c13-6-2-1-3-11-5-4-10-9-16-8-7-14-12(10)15-11/h4-5H,1-3,7-9H2,(H,14,15). The normalized spacial score (nSPS) is 14.4. The zero-order chi connectivity index (χ0) is 11.2. The zero-order valence-corrected chi connectivity index (χ0v) is 9.20. The first-order chi connectivity index (χ1) is 7.90. The molecule has 0 aromatic carbocycles. The van der Waals surface area contributed by atoms with E-state index in [2.05, 4.69) is 22.4 Å². The SMILES string of the molecule is N#CCCCc1ccc2c(n1)NCCOC2. The van der Waals surface area contributed by atoms with E-state index >= 15 is 0 Å². The molecule has 1 aliphatic rings. The lowest BCUT2D eigenvalue weighted by atomic mass is 10.1. The van der Waals surface area contributed by atoms with Gasteiger partial charge < -0.3 is 10.1 Å². The highest BCUT2D eigenvalue weighted by molar-refractivity contribution is 5.45. The van der Waals surface area contributed by atoms with Crippen LogP contribution < -0.4 is 5.32 Å². The van der Waals surface area contributed by atoms with Gasteiger partial charge in [0.1, 0.15) is 5.82 Å². The van der Waals surface area contributed by atoms with Crippen molar-refractivity contribution in [3.63, 3.8) is 0 Å². The number of pyridine rings is 1.